The van der Waals surface area contributed by atoms with Gasteiger partial charge in [0.15, 0.2) is 0 Å². The summed E-state index contributed by atoms with van der Waals surface area (Å²) in [7, 11) is 2.26. The number of piperazine rings is 1. The van der Waals surface area contributed by atoms with E-state index in [0.717, 1.165) is 26.3 Å². The molecule has 124 valence electrons. The summed E-state index contributed by atoms with van der Waals surface area (Å²) >= 11 is 0. The summed E-state index contributed by atoms with van der Waals surface area (Å²) < 4.78 is 5.86. The van der Waals surface area contributed by atoms with Crippen LogP contribution in [0.5, 0.6) is 0 Å². The predicted molar refractivity (Wildman–Crippen MR) is 88.8 cm³/mol. The van der Waals surface area contributed by atoms with Crippen molar-refractivity contribution < 1.29 is 4.74 Å². The fourth-order valence-electron chi connectivity index (χ4n) is 3.88. The molecule has 2 heterocycles. The molecule has 1 N–H and O–H groups in total. The molecule has 2 saturated heterocycles. The lowest BCUT2D eigenvalue weighted by molar-refractivity contribution is -0.0428. The quantitative estimate of drug-likeness (QED) is 0.757. The molecule has 0 aromatic heterocycles. The van der Waals surface area contributed by atoms with E-state index in [-0.39, 0.29) is 0 Å². The normalized spacial score (nSPS) is 36.0. The van der Waals surface area contributed by atoms with Gasteiger partial charge in [-0.2, -0.15) is 0 Å². The summed E-state index contributed by atoms with van der Waals surface area (Å²) in [6, 6.07) is 1.30. The van der Waals surface area contributed by atoms with Crippen molar-refractivity contribution in [2.24, 2.45) is 5.41 Å². The zero-order valence-electron chi connectivity index (χ0n) is 14.5. The van der Waals surface area contributed by atoms with E-state index in [1.165, 1.54) is 38.9 Å². The van der Waals surface area contributed by atoms with Crippen molar-refractivity contribution in [2.75, 3.05) is 53.0 Å². The molecule has 21 heavy (non-hydrogen) atoms. The molecule has 3 atom stereocenters. The molecule has 3 unspecified atom stereocenters. The highest BCUT2D eigenvalue weighted by Gasteiger charge is 2.37. The van der Waals surface area contributed by atoms with E-state index in [9.17, 15) is 0 Å². The number of hydrogen-bond acceptors (Lipinski definition) is 4. The van der Waals surface area contributed by atoms with Crippen molar-refractivity contribution in [3.8, 4) is 0 Å². The minimum Gasteiger partial charge on any atom is -0.381 e. The summed E-state index contributed by atoms with van der Waals surface area (Å²) in [5.41, 5.74) is 0.322. The first kappa shape index (κ1) is 17.2. The van der Waals surface area contributed by atoms with Crippen molar-refractivity contribution in [3.63, 3.8) is 0 Å². The van der Waals surface area contributed by atoms with Crippen LogP contribution in [-0.2, 0) is 4.74 Å². The molecule has 2 rings (SSSR count). The van der Waals surface area contributed by atoms with Gasteiger partial charge in [0.1, 0.15) is 0 Å². The van der Waals surface area contributed by atoms with Crippen LogP contribution < -0.4 is 5.32 Å². The Morgan fingerprint density at radius 2 is 1.95 bits per heavy atom. The maximum atomic E-state index is 5.86. The highest BCUT2D eigenvalue weighted by Crippen LogP contribution is 2.30. The minimum atomic E-state index is 0.322. The molecule has 0 saturated carbocycles. The molecule has 2 aliphatic heterocycles. The number of nitrogens with zero attached hydrogens (tertiary/aromatic N) is 2. The molecule has 4 heteroatoms. The zero-order valence-corrected chi connectivity index (χ0v) is 14.5. The first-order valence-electron chi connectivity index (χ1n) is 8.79. The van der Waals surface area contributed by atoms with Crippen LogP contribution in [0.15, 0.2) is 0 Å². The Kier molecular flexibility index (Phi) is 6.48. The first-order valence-corrected chi connectivity index (χ1v) is 8.79. The molecule has 0 radical (unpaired) electrons. The molecular weight excluding hydrogens is 262 g/mol. The second kappa shape index (κ2) is 7.91. The largest absolute Gasteiger partial charge is 0.381 e. The maximum Gasteiger partial charge on any atom is 0.0546 e. The van der Waals surface area contributed by atoms with Gasteiger partial charge in [0, 0.05) is 50.3 Å². The lowest BCUT2D eigenvalue weighted by Gasteiger charge is -2.47. The monoisotopic (exact) mass is 297 g/mol. The van der Waals surface area contributed by atoms with E-state index in [4.69, 9.17) is 4.74 Å². The first-order chi connectivity index (χ1) is 10.1. The Morgan fingerprint density at radius 1 is 1.24 bits per heavy atom. The Balaban J connectivity index is 1.94. The molecule has 0 amide bonds. The summed E-state index contributed by atoms with van der Waals surface area (Å²) in [5.74, 6) is 0. The topological polar surface area (TPSA) is 27.7 Å². The Bertz CT molecular complexity index is 292. The van der Waals surface area contributed by atoms with Crippen LogP contribution >= 0.6 is 0 Å². The molecule has 0 bridgehead atoms. The van der Waals surface area contributed by atoms with E-state index in [1.807, 2.05) is 0 Å². The van der Waals surface area contributed by atoms with Crippen LogP contribution in [0.2, 0.25) is 0 Å². The van der Waals surface area contributed by atoms with E-state index in [0.29, 0.717) is 17.5 Å². The number of rotatable bonds is 6. The fraction of sp³-hybridized carbons (Fsp3) is 1.00. The SMILES string of the molecule is CCCNCC1(CN2CC(C)N(C)C(C)C2)CCCOC1. The average molecular weight is 297 g/mol. The van der Waals surface area contributed by atoms with Crippen LogP contribution in [0.4, 0.5) is 0 Å². The van der Waals surface area contributed by atoms with Crippen molar-refractivity contribution >= 4 is 0 Å². The van der Waals surface area contributed by atoms with Crippen LogP contribution in [0, 0.1) is 5.41 Å². The van der Waals surface area contributed by atoms with Crippen LogP contribution in [0.25, 0.3) is 0 Å². The predicted octanol–water partition coefficient (Wildman–Crippen LogP) is 1.81. The van der Waals surface area contributed by atoms with Gasteiger partial charge in [-0.3, -0.25) is 9.80 Å². The van der Waals surface area contributed by atoms with Crippen molar-refractivity contribution in [2.45, 2.75) is 52.1 Å². The molecule has 2 fully saturated rings. The third-order valence-corrected chi connectivity index (χ3v) is 5.33. The molecule has 0 aromatic rings. The molecule has 0 aromatic carbocycles. The van der Waals surface area contributed by atoms with Crippen LogP contribution in [0.1, 0.15) is 40.0 Å². The summed E-state index contributed by atoms with van der Waals surface area (Å²) in [5, 5.41) is 3.65. The number of likely N-dealkylation sites (N-methyl/N-ethyl adjacent to an activating group) is 1. The van der Waals surface area contributed by atoms with Gasteiger partial charge >= 0.3 is 0 Å². The standard InChI is InChI=1S/C17H35N3O/c1-5-8-18-12-17(7-6-9-21-14-17)13-20-10-15(2)19(4)16(3)11-20/h15-16,18H,5-14H2,1-4H3. The molecule has 0 spiro atoms. The molecule has 4 nitrogen and oxygen atoms in total. The summed E-state index contributed by atoms with van der Waals surface area (Å²) in [6.45, 7) is 14.6. The van der Waals surface area contributed by atoms with Gasteiger partial charge in [-0.05, 0) is 46.7 Å². The number of ether oxygens (including phenoxy) is 1. The van der Waals surface area contributed by atoms with Crippen molar-refractivity contribution in [1.82, 2.24) is 15.1 Å². The smallest absolute Gasteiger partial charge is 0.0546 e. The number of nitrogens with one attached hydrogen (secondary N) is 1. The van der Waals surface area contributed by atoms with Gasteiger partial charge in [0.25, 0.3) is 0 Å². The Morgan fingerprint density at radius 3 is 2.52 bits per heavy atom. The van der Waals surface area contributed by atoms with Gasteiger partial charge in [-0.25, -0.2) is 0 Å². The highest BCUT2D eigenvalue weighted by atomic mass is 16.5. The summed E-state index contributed by atoms with van der Waals surface area (Å²) in [4.78, 5) is 5.19. The minimum absolute atomic E-state index is 0.322. The van der Waals surface area contributed by atoms with E-state index >= 15 is 0 Å². The van der Waals surface area contributed by atoms with Gasteiger partial charge in [-0.1, -0.05) is 6.92 Å². The fourth-order valence-corrected chi connectivity index (χ4v) is 3.88. The molecule has 0 aliphatic carbocycles. The lowest BCUT2D eigenvalue weighted by atomic mass is 9.81. The molecule has 2 aliphatic rings. The van der Waals surface area contributed by atoms with E-state index in [1.54, 1.807) is 0 Å². The van der Waals surface area contributed by atoms with Crippen molar-refractivity contribution in [1.29, 1.82) is 0 Å². The Hall–Kier alpha value is -0.160. The van der Waals surface area contributed by atoms with Gasteiger partial charge in [0.05, 0.1) is 6.61 Å². The highest BCUT2D eigenvalue weighted by molar-refractivity contribution is 4.91. The Labute approximate surface area is 131 Å². The molecular formula is C17H35N3O. The number of hydrogen-bond donors (Lipinski definition) is 1. The maximum absolute atomic E-state index is 5.86. The second-order valence-corrected chi connectivity index (χ2v) is 7.39. The van der Waals surface area contributed by atoms with Gasteiger partial charge in [0.2, 0.25) is 0 Å². The average Bonchev–Trinajstić information content (AvgIpc) is 2.46. The lowest BCUT2D eigenvalue weighted by Crippen LogP contribution is -2.58. The third kappa shape index (κ3) is 4.65. The van der Waals surface area contributed by atoms with Gasteiger partial charge < -0.3 is 10.1 Å². The summed E-state index contributed by atoms with van der Waals surface area (Å²) in [6.07, 6.45) is 3.73. The third-order valence-electron chi connectivity index (χ3n) is 5.33. The van der Waals surface area contributed by atoms with Gasteiger partial charge in [-0.15, -0.1) is 0 Å². The van der Waals surface area contributed by atoms with E-state index in [2.05, 4.69) is 42.9 Å². The van der Waals surface area contributed by atoms with E-state index < -0.39 is 0 Å². The van der Waals surface area contributed by atoms with Crippen LogP contribution in [-0.4, -0.2) is 74.9 Å². The van der Waals surface area contributed by atoms with Crippen LogP contribution in [0.3, 0.4) is 0 Å². The second-order valence-electron chi connectivity index (χ2n) is 7.39. The van der Waals surface area contributed by atoms with Crippen molar-refractivity contribution in [3.05, 3.63) is 0 Å². The zero-order chi connectivity index (χ0) is 15.3.